The van der Waals surface area contributed by atoms with Crippen molar-refractivity contribution in [2.45, 2.75) is 18.3 Å². The van der Waals surface area contributed by atoms with Crippen LogP contribution < -0.4 is 0 Å². The fraction of sp³-hybridized carbons (Fsp3) is 0.400. The van der Waals surface area contributed by atoms with Crippen molar-refractivity contribution >= 4 is 23.4 Å². The van der Waals surface area contributed by atoms with E-state index in [0.717, 1.165) is 5.56 Å². The molecule has 5 heteroatoms. The van der Waals surface area contributed by atoms with Crippen LogP contribution in [-0.4, -0.2) is 11.3 Å². The summed E-state index contributed by atoms with van der Waals surface area (Å²) >= 11 is 5.87. The van der Waals surface area contributed by atoms with E-state index in [1.165, 1.54) is 0 Å². The summed E-state index contributed by atoms with van der Waals surface area (Å²) in [5.74, 6) is -0.210. The van der Waals surface area contributed by atoms with E-state index in [0.29, 0.717) is 5.02 Å². The van der Waals surface area contributed by atoms with Gasteiger partial charge in [0.2, 0.25) is 0 Å². The highest BCUT2D eigenvalue weighted by Gasteiger charge is 2.29. The van der Waals surface area contributed by atoms with Crippen molar-refractivity contribution in [2.75, 3.05) is 5.75 Å². The lowest BCUT2D eigenvalue weighted by Crippen LogP contribution is -2.06. The van der Waals surface area contributed by atoms with E-state index in [4.69, 9.17) is 11.6 Å². The third kappa shape index (κ3) is 4.34. The summed E-state index contributed by atoms with van der Waals surface area (Å²) in [4.78, 5) is 0. The first kappa shape index (κ1) is 12.7. The van der Waals surface area contributed by atoms with Crippen LogP contribution in [0.5, 0.6) is 0 Å². The molecular formula is C10H10ClF3S. The molecule has 0 nitrogen and oxygen atoms in total. The molecule has 1 unspecified atom stereocenters. The zero-order valence-electron chi connectivity index (χ0n) is 8.01. The number of thioether (sulfide) groups is 1. The molecule has 0 spiro atoms. The minimum Gasteiger partial charge on any atom is -0.160 e. The zero-order valence-corrected chi connectivity index (χ0v) is 9.59. The molecule has 1 aromatic rings. The summed E-state index contributed by atoms with van der Waals surface area (Å²) in [6.07, 6.45) is 0. The van der Waals surface area contributed by atoms with Crippen molar-refractivity contribution < 1.29 is 13.2 Å². The van der Waals surface area contributed by atoms with Gasteiger partial charge < -0.3 is 0 Å². The number of benzene rings is 1. The molecule has 1 aromatic carbocycles. The second-order valence-electron chi connectivity index (χ2n) is 3.18. The van der Waals surface area contributed by atoms with E-state index in [1.807, 2.05) is 0 Å². The molecule has 15 heavy (non-hydrogen) atoms. The fourth-order valence-corrected chi connectivity index (χ4v) is 2.12. The molecule has 0 aliphatic carbocycles. The van der Waals surface area contributed by atoms with Crippen molar-refractivity contribution in [3.63, 3.8) is 0 Å². The molecular weight excluding hydrogens is 245 g/mol. The van der Waals surface area contributed by atoms with Crippen molar-refractivity contribution in [2.24, 2.45) is 0 Å². The minimum atomic E-state index is -4.17. The van der Waals surface area contributed by atoms with Crippen LogP contribution in [0.15, 0.2) is 24.3 Å². The van der Waals surface area contributed by atoms with Gasteiger partial charge in [-0.15, -0.1) is 0 Å². The van der Waals surface area contributed by atoms with Gasteiger partial charge in [0.15, 0.2) is 0 Å². The quantitative estimate of drug-likeness (QED) is 0.754. The lowest BCUT2D eigenvalue weighted by molar-refractivity contribution is -0.0328. The zero-order chi connectivity index (χ0) is 11.5. The highest BCUT2D eigenvalue weighted by atomic mass is 35.5. The normalized spacial score (nSPS) is 13.9. The molecule has 0 radical (unpaired) electrons. The molecule has 0 fully saturated rings. The fourth-order valence-electron chi connectivity index (χ4n) is 1.18. The van der Waals surface area contributed by atoms with Crippen LogP contribution in [0.3, 0.4) is 0 Å². The predicted octanol–water partition coefficient (Wildman–Crippen LogP) is 4.70. The van der Waals surface area contributed by atoms with Gasteiger partial charge in [-0.3, -0.25) is 0 Å². The molecule has 84 valence electrons. The topological polar surface area (TPSA) is 0 Å². The van der Waals surface area contributed by atoms with Crippen LogP contribution in [0, 0.1) is 0 Å². The lowest BCUT2D eigenvalue weighted by Gasteiger charge is -2.14. The molecule has 0 saturated heterocycles. The molecule has 0 bridgehead atoms. The van der Waals surface area contributed by atoms with E-state index in [1.54, 1.807) is 31.2 Å². The Morgan fingerprint density at radius 2 is 1.93 bits per heavy atom. The molecule has 0 amide bonds. The van der Waals surface area contributed by atoms with Crippen molar-refractivity contribution in [1.82, 2.24) is 0 Å². The Bertz CT molecular complexity index is 325. The first-order chi connectivity index (χ1) is 6.90. The van der Waals surface area contributed by atoms with Crippen LogP contribution >= 0.6 is 23.4 Å². The highest BCUT2D eigenvalue weighted by Crippen LogP contribution is 2.35. The molecule has 0 aliphatic heterocycles. The van der Waals surface area contributed by atoms with Crippen LogP contribution in [0.1, 0.15) is 18.4 Å². The molecule has 0 N–H and O–H groups in total. The number of hydrogen-bond donors (Lipinski definition) is 0. The monoisotopic (exact) mass is 254 g/mol. The van der Waals surface area contributed by atoms with E-state index in [2.05, 4.69) is 0 Å². The molecule has 0 aliphatic rings. The smallest absolute Gasteiger partial charge is 0.160 e. The van der Waals surface area contributed by atoms with Gasteiger partial charge in [-0.05, 0) is 17.5 Å². The maximum absolute atomic E-state index is 12.0. The minimum absolute atomic E-state index is 0.00671. The van der Waals surface area contributed by atoms with Crippen LogP contribution in [0.4, 0.5) is 13.2 Å². The summed E-state index contributed by atoms with van der Waals surface area (Å²) < 4.78 is 35.9. The van der Waals surface area contributed by atoms with Crippen molar-refractivity contribution in [3.8, 4) is 0 Å². The second-order valence-corrected chi connectivity index (χ2v) is 4.67. The number of halogens is 4. The first-order valence-corrected chi connectivity index (χ1v) is 5.71. The number of rotatable bonds is 3. The maximum Gasteiger partial charge on any atom is 0.441 e. The average Bonchev–Trinajstić information content (AvgIpc) is 2.14. The summed E-state index contributed by atoms with van der Waals surface area (Å²) in [7, 11) is 0. The molecule has 0 saturated carbocycles. The Morgan fingerprint density at radius 3 is 2.47 bits per heavy atom. The summed E-state index contributed by atoms with van der Waals surface area (Å²) in [6.45, 7) is 1.74. The van der Waals surface area contributed by atoms with E-state index < -0.39 is 5.51 Å². The highest BCUT2D eigenvalue weighted by molar-refractivity contribution is 8.00. The molecule has 1 rings (SSSR count). The van der Waals surface area contributed by atoms with E-state index >= 15 is 0 Å². The standard InChI is InChI=1S/C10H10ClF3S/c1-7(6-15-10(12,13)14)8-4-2-3-5-9(8)11/h2-5,7H,6H2,1H3. The Kier molecular flexibility index (Phi) is 4.34. The van der Waals surface area contributed by atoms with Crippen LogP contribution in [-0.2, 0) is 0 Å². The summed E-state index contributed by atoms with van der Waals surface area (Å²) in [6, 6.07) is 6.97. The van der Waals surface area contributed by atoms with Crippen molar-refractivity contribution in [1.29, 1.82) is 0 Å². The Hall–Kier alpha value is -0.350. The van der Waals surface area contributed by atoms with Gasteiger partial charge in [0.1, 0.15) is 0 Å². The van der Waals surface area contributed by atoms with Gasteiger partial charge in [0, 0.05) is 10.8 Å². The summed E-state index contributed by atoms with van der Waals surface area (Å²) in [5.41, 5.74) is -3.41. The van der Waals surface area contributed by atoms with Crippen LogP contribution in [0.2, 0.25) is 5.02 Å². The second kappa shape index (κ2) is 5.12. The largest absolute Gasteiger partial charge is 0.441 e. The van der Waals surface area contributed by atoms with E-state index in [9.17, 15) is 13.2 Å². The molecule has 1 atom stereocenters. The first-order valence-electron chi connectivity index (χ1n) is 4.35. The average molecular weight is 255 g/mol. The Balaban J connectivity index is 2.62. The van der Waals surface area contributed by atoms with Gasteiger partial charge in [-0.1, -0.05) is 48.5 Å². The number of alkyl halides is 3. The third-order valence-electron chi connectivity index (χ3n) is 1.93. The Labute approximate surface area is 95.8 Å². The van der Waals surface area contributed by atoms with Crippen LogP contribution in [0.25, 0.3) is 0 Å². The molecule has 0 heterocycles. The maximum atomic E-state index is 12.0. The van der Waals surface area contributed by atoms with Gasteiger partial charge in [0.05, 0.1) is 0 Å². The van der Waals surface area contributed by atoms with Gasteiger partial charge in [-0.2, -0.15) is 13.2 Å². The Morgan fingerprint density at radius 1 is 1.33 bits per heavy atom. The van der Waals surface area contributed by atoms with Gasteiger partial charge in [-0.25, -0.2) is 0 Å². The van der Waals surface area contributed by atoms with Gasteiger partial charge >= 0.3 is 5.51 Å². The lowest BCUT2D eigenvalue weighted by atomic mass is 10.0. The van der Waals surface area contributed by atoms with E-state index in [-0.39, 0.29) is 23.4 Å². The number of hydrogen-bond acceptors (Lipinski definition) is 1. The van der Waals surface area contributed by atoms with Gasteiger partial charge in [0.25, 0.3) is 0 Å². The SMILES string of the molecule is CC(CSC(F)(F)F)c1ccccc1Cl. The predicted molar refractivity (Wildman–Crippen MR) is 58.4 cm³/mol. The molecule has 0 aromatic heterocycles. The van der Waals surface area contributed by atoms with Crippen molar-refractivity contribution in [3.05, 3.63) is 34.9 Å². The third-order valence-corrected chi connectivity index (χ3v) is 3.27. The summed E-state index contributed by atoms with van der Waals surface area (Å²) in [5, 5.41) is 0.521.